The number of likely N-dealkylation sites (tertiary alicyclic amines) is 1. The van der Waals surface area contributed by atoms with Crippen LogP contribution in [0.25, 0.3) is 10.9 Å². The molecule has 2 saturated heterocycles. The molecule has 4 rings (SSSR count). The second kappa shape index (κ2) is 10.7. The Morgan fingerprint density at radius 1 is 1.05 bits per heavy atom. The number of carbonyl (C=O) groups is 4. The molecule has 0 aliphatic carbocycles. The minimum absolute atomic E-state index is 0.0560. The number of hydrogen-bond acceptors (Lipinski definition) is 5. The molecule has 9 nitrogen and oxygen atoms in total. The van der Waals surface area contributed by atoms with Crippen molar-refractivity contribution in [2.45, 2.75) is 39.3 Å². The fourth-order valence-corrected chi connectivity index (χ4v) is 5.11. The van der Waals surface area contributed by atoms with E-state index in [1.165, 1.54) is 6.08 Å². The van der Waals surface area contributed by atoms with Gasteiger partial charge in [0, 0.05) is 73.2 Å². The Hall–Kier alpha value is -3.14. The van der Waals surface area contributed by atoms with Crippen LogP contribution in [0.15, 0.2) is 41.5 Å². The second-order valence-corrected chi connectivity index (χ2v) is 11.6. The molecule has 37 heavy (non-hydrogen) atoms. The lowest BCUT2D eigenvalue weighted by Crippen LogP contribution is -2.51. The number of rotatable bonds is 6. The molecule has 0 atom stereocenters. The van der Waals surface area contributed by atoms with Crippen molar-refractivity contribution in [3.05, 3.63) is 47.1 Å². The Morgan fingerprint density at radius 2 is 1.70 bits per heavy atom. The molecule has 10 heteroatoms. The number of carbonyl (C=O) groups excluding carboxylic acids is 4. The topological polar surface area (TPSA) is 92.2 Å². The largest absolute Gasteiger partial charge is 0.444 e. The summed E-state index contributed by atoms with van der Waals surface area (Å²) < 4.78 is 8.13. The smallest absolute Gasteiger partial charge is 0.410 e. The van der Waals surface area contributed by atoms with Crippen LogP contribution < -0.4 is 0 Å². The summed E-state index contributed by atoms with van der Waals surface area (Å²) in [6.45, 7) is 11.9. The average Bonchev–Trinajstić information content (AvgIpc) is 3.16. The number of benzene rings is 1. The predicted octanol–water partition coefficient (Wildman–Crippen LogP) is 3.70. The van der Waals surface area contributed by atoms with Crippen molar-refractivity contribution in [2.75, 3.05) is 39.3 Å². The maximum absolute atomic E-state index is 13.5. The standard InChI is InChI=1S/C27H33BrN4O5/c1-5-24(34)32-14-18(15-32)12-20(33)16-31-17-22(21-13-19(28)6-7-23(21)31)25(35)29-8-10-30(11-9-29)26(36)37-27(2,3)4/h5-7,13,17-18H,1,8-12,14-16H2,2-4H3. The third-order valence-corrected chi connectivity index (χ3v) is 7.09. The summed E-state index contributed by atoms with van der Waals surface area (Å²) in [5, 5.41) is 0.771. The highest BCUT2D eigenvalue weighted by Crippen LogP contribution is 2.28. The lowest BCUT2D eigenvalue weighted by Gasteiger charge is -2.38. The molecule has 2 aromatic rings. The predicted molar refractivity (Wildman–Crippen MR) is 143 cm³/mol. The Kier molecular flexibility index (Phi) is 7.77. The molecule has 198 valence electrons. The first-order chi connectivity index (χ1) is 17.4. The summed E-state index contributed by atoms with van der Waals surface area (Å²) in [5.74, 6) is -0.0355. The molecule has 3 heterocycles. The van der Waals surface area contributed by atoms with E-state index in [-0.39, 0.29) is 36.2 Å². The number of ketones is 1. The lowest BCUT2D eigenvalue weighted by atomic mass is 9.94. The van der Waals surface area contributed by atoms with Crippen LogP contribution in [0.1, 0.15) is 37.6 Å². The van der Waals surface area contributed by atoms with Gasteiger partial charge in [0.25, 0.3) is 5.91 Å². The molecule has 3 amide bonds. The van der Waals surface area contributed by atoms with Gasteiger partial charge >= 0.3 is 6.09 Å². The van der Waals surface area contributed by atoms with Crippen molar-refractivity contribution < 1.29 is 23.9 Å². The minimum Gasteiger partial charge on any atom is -0.444 e. The molecular formula is C27H33BrN4O5. The van der Waals surface area contributed by atoms with Crippen molar-refractivity contribution in [1.82, 2.24) is 19.3 Å². The number of amides is 3. The van der Waals surface area contributed by atoms with Gasteiger partial charge in [-0.15, -0.1) is 0 Å². The first-order valence-electron chi connectivity index (χ1n) is 12.4. The van der Waals surface area contributed by atoms with Crippen LogP contribution in [0.5, 0.6) is 0 Å². The number of halogens is 1. The quantitative estimate of drug-likeness (QED) is 0.492. The van der Waals surface area contributed by atoms with E-state index in [1.807, 2.05) is 43.5 Å². The van der Waals surface area contributed by atoms with Gasteiger partial charge < -0.3 is 24.0 Å². The Labute approximate surface area is 225 Å². The van der Waals surface area contributed by atoms with Crippen molar-refractivity contribution in [1.29, 1.82) is 0 Å². The van der Waals surface area contributed by atoms with E-state index in [4.69, 9.17) is 4.74 Å². The Balaban J connectivity index is 1.43. The molecule has 0 saturated carbocycles. The molecule has 1 aromatic heterocycles. The average molecular weight is 573 g/mol. The fraction of sp³-hybridized carbons (Fsp3) is 0.481. The minimum atomic E-state index is -0.572. The number of aromatic nitrogens is 1. The van der Waals surface area contributed by atoms with Gasteiger partial charge in [-0.2, -0.15) is 0 Å². The second-order valence-electron chi connectivity index (χ2n) is 10.6. The number of nitrogens with zero attached hydrogens (tertiary/aromatic N) is 4. The number of ether oxygens (including phenoxy) is 1. The molecule has 1 aromatic carbocycles. The maximum Gasteiger partial charge on any atom is 0.410 e. The van der Waals surface area contributed by atoms with Crippen LogP contribution >= 0.6 is 15.9 Å². The van der Waals surface area contributed by atoms with E-state index in [9.17, 15) is 19.2 Å². The summed E-state index contributed by atoms with van der Waals surface area (Å²) in [6, 6.07) is 5.69. The summed E-state index contributed by atoms with van der Waals surface area (Å²) >= 11 is 3.49. The van der Waals surface area contributed by atoms with Gasteiger partial charge in [-0.3, -0.25) is 14.4 Å². The first kappa shape index (κ1) is 26.9. The molecule has 2 aliphatic rings. The van der Waals surface area contributed by atoms with Crippen LogP contribution in [-0.4, -0.2) is 87.8 Å². The van der Waals surface area contributed by atoms with E-state index < -0.39 is 5.60 Å². The molecule has 0 radical (unpaired) electrons. The Morgan fingerprint density at radius 3 is 2.32 bits per heavy atom. The fourth-order valence-electron chi connectivity index (χ4n) is 4.74. The van der Waals surface area contributed by atoms with Crippen LogP contribution in [0, 0.1) is 5.92 Å². The van der Waals surface area contributed by atoms with E-state index in [0.717, 1.165) is 15.4 Å². The summed E-state index contributed by atoms with van der Waals surface area (Å²) in [6.07, 6.45) is 3.05. The van der Waals surface area contributed by atoms with E-state index >= 15 is 0 Å². The number of Topliss-reactive ketones (excluding diaryl/α,β-unsaturated/α-hetero) is 1. The highest BCUT2D eigenvalue weighted by Gasteiger charge is 2.32. The highest BCUT2D eigenvalue weighted by molar-refractivity contribution is 9.10. The van der Waals surface area contributed by atoms with Crippen molar-refractivity contribution in [3.63, 3.8) is 0 Å². The molecule has 0 unspecified atom stereocenters. The van der Waals surface area contributed by atoms with Gasteiger partial charge in [0.1, 0.15) is 5.60 Å². The van der Waals surface area contributed by atoms with Crippen molar-refractivity contribution in [3.8, 4) is 0 Å². The molecule has 2 aliphatic heterocycles. The van der Waals surface area contributed by atoms with Gasteiger partial charge in [0.15, 0.2) is 5.78 Å². The summed E-state index contributed by atoms with van der Waals surface area (Å²) in [4.78, 5) is 55.4. The van der Waals surface area contributed by atoms with Crippen molar-refractivity contribution in [2.24, 2.45) is 5.92 Å². The zero-order valence-electron chi connectivity index (χ0n) is 21.5. The normalized spacial score (nSPS) is 16.5. The molecule has 0 bridgehead atoms. The SMILES string of the molecule is C=CC(=O)N1CC(CC(=O)Cn2cc(C(=O)N3CCN(C(=O)OC(C)(C)C)CC3)c3cc(Br)ccc32)C1. The van der Waals surface area contributed by atoms with E-state index in [1.54, 1.807) is 20.9 Å². The number of hydrogen-bond donors (Lipinski definition) is 0. The number of fused-ring (bicyclic) bond motifs is 1. The molecule has 2 fully saturated rings. The van der Waals surface area contributed by atoms with Crippen LogP contribution in [-0.2, 0) is 20.9 Å². The molecular weight excluding hydrogens is 540 g/mol. The highest BCUT2D eigenvalue weighted by atomic mass is 79.9. The summed E-state index contributed by atoms with van der Waals surface area (Å²) in [7, 11) is 0. The van der Waals surface area contributed by atoms with E-state index in [2.05, 4.69) is 22.5 Å². The van der Waals surface area contributed by atoms with Gasteiger partial charge in [-0.25, -0.2) is 4.79 Å². The first-order valence-corrected chi connectivity index (χ1v) is 13.2. The number of piperazine rings is 1. The van der Waals surface area contributed by atoms with Gasteiger partial charge in [0.2, 0.25) is 5.91 Å². The molecule has 0 N–H and O–H groups in total. The van der Waals surface area contributed by atoms with Crippen LogP contribution in [0.4, 0.5) is 4.79 Å². The third kappa shape index (κ3) is 6.23. The van der Waals surface area contributed by atoms with E-state index in [0.29, 0.717) is 51.3 Å². The van der Waals surface area contributed by atoms with Gasteiger partial charge in [-0.1, -0.05) is 22.5 Å². The van der Waals surface area contributed by atoms with Gasteiger partial charge in [0.05, 0.1) is 12.1 Å². The maximum atomic E-state index is 13.5. The third-order valence-electron chi connectivity index (χ3n) is 6.60. The summed E-state index contributed by atoms with van der Waals surface area (Å²) in [5.41, 5.74) is 0.767. The van der Waals surface area contributed by atoms with Crippen molar-refractivity contribution >= 4 is 50.5 Å². The Bertz CT molecular complexity index is 1230. The van der Waals surface area contributed by atoms with Crippen LogP contribution in [0.2, 0.25) is 0 Å². The molecule has 0 spiro atoms. The lowest BCUT2D eigenvalue weighted by molar-refractivity contribution is -0.134. The van der Waals surface area contributed by atoms with Crippen LogP contribution in [0.3, 0.4) is 0 Å². The van der Waals surface area contributed by atoms with Gasteiger partial charge in [-0.05, 0) is 45.0 Å². The zero-order chi connectivity index (χ0) is 26.9. The monoisotopic (exact) mass is 572 g/mol. The zero-order valence-corrected chi connectivity index (χ0v) is 23.1.